The average Bonchev–Trinajstić information content (AvgIpc) is 3.25. The van der Waals surface area contributed by atoms with Crippen LogP contribution in [0.1, 0.15) is 74.7 Å². The molecule has 0 fully saturated rings. The zero-order valence-electron chi connectivity index (χ0n) is 34.9. The molecule has 1 aliphatic carbocycles. The van der Waals surface area contributed by atoms with Crippen LogP contribution in [-0.4, -0.2) is 84.2 Å². The quantitative estimate of drug-likeness (QED) is 0.0421. The molecule has 0 saturated carbocycles. The molecule has 0 aliphatic heterocycles. The first-order valence-corrected chi connectivity index (χ1v) is 25.1. The lowest BCUT2D eigenvalue weighted by molar-refractivity contribution is -0.0435. The van der Waals surface area contributed by atoms with Crippen LogP contribution in [0.5, 0.6) is 0 Å². The van der Waals surface area contributed by atoms with E-state index in [1.807, 2.05) is 47.2 Å². The Morgan fingerprint density at radius 3 is 2.18 bits per heavy atom. The highest BCUT2D eigenvalue weighted by Crippen LogP contribution is 2.37. The van der Waals surface area contributed by atoms with E-state index in [0.717, 1.165) is 75.2 Å². The maximum absolute atomic E-state index is 14.1. The van der Waals surface area contributed by atoms with Crippen LogP contribution in [0, 0.1) is 0 Å². The van der Waals surface area contributed by atoms with Crippen molar-refractivity contribution in [3.63, 3.8) is 0 Å². The smallest absolute Gasteiger partial charge is 0.384 e. The third kappa shape index (κ3) is 14.0. The van der Waals surface area contributed by atoms with Crippen molar-refractivity contribution in [3.05, 3.63) is 119 Å². The van der Waals surface area contributed by atoms with E-state index in [2.05, 4.69) is 46.8 Å². The van der Waals surface area contributed by atoms with Gasteiger partial charge in [-0.25, -0.2) is 21.6 Å². The van der Waals surface area contributed by atoms with Crippen LogP contribution in [0.15, 0.2) is 117 Å². The minimum Gasteiger partial charge on any atom is -0.384 e. The lowest BCUT2D eigenvalue weighted by Gasteiger charge is -2.26. The van der Waals surface area contributed by atoms with Gasteiger partial charge in [0.15, 0.2) is 0 Å². The SMILES string of the molecule is CCCN(CCC)CC[C@H](CSc1ccccc1)Nc1ccc(S(=O)(=O)NC(=O)c2ccc(NCCNCC3=C(c4ccc(Cl)cc4)CCCC3)cc2)cc1S(=O)(=O)C(F)(F)F. The molecule has 0 heterocycles. The number of halogens is 4. The van der Waals surface area contributed by atoms with Gasteiger partial charge in [0, 0.05) is 59.1 Å². The van der Waals surface area contributed by atoms with E-state index >= 15 is 0 Å². The molecular formula is C45H55ClF3N5O5S3. The van der Waals surface area contributed by atoms with Crippen molar-refractivity contribution in [2.24, 2.45) is 0 Å². The summed E-state index contributed by atoms with van der Waals surface area (Å²) in [7, 11) is -10.9. The van der Waals surface area contributed by atoms with Gasteiger partial charge in [0.05, 0.1) is 10.6 Å². The number of sulfone groups is 1. The monoisotopic (exact) mass is 933 g/mol. The van der Waals surface area contributed by atoms with Crippen molar-refractivity contribution in [1.82, 2.24) is 14.9 Å². The molecule has 0 saturated heterocycles. The predicted molar refractivity (Wildman–Crippen MR) is 245 cm³/mol. The summed E-state index contributed by atoms with van der Waals surface area (Å²) < 4.78 is 97.3. The first-order valence-electron chi connectivity index (χ1n) is 20.8. The van der Waals surface area contributed by atoms with Gasteiger partial charge in [0.25, 0.3) is 25.8 Å². The van der Waals surface area contributed by atoms with Gasteiger partial charge >= 0.3 is 5.51 Å². The number of alkyl halides is 3. The molecular weight excluding hydrogens is 879 g/mol. The Kier molecular flexibility index (Phi) is 18.2. The van der Waals surface area contributed by atoms with Crippen molar-refractivity contribution < 1.29 is 34.8 Å². The largest absolute Gasteiger partial charge is 0.501 e. The number of rotatable bonds is 23. The van der Waals surface area contributed by atoms with Crippen LogP contribution in [0.25, 0.3) is 5.57 Å². The lowest BCUT2D eigenvalue weighted by atomic mass is 9.87. The van der Waals surface area contributed by atoms with Crippen molar-refractivity contribution >= 4 is 66.1 Å². The van der Waals surface area contributed by atoms with E-state index in [1.165, 1.54) is 40.6 Å². The predicted octanol–water partition coefficient (Wildman–Crippen LogP) is 9.87. The number of amides is 1. The van der Waals surface area contributed by atoms with Crippen LogP contribution >= 0.6 is 23.4 Å². The van der Waals surface area contributed by atoms with Gasteiger partial charge in [-0.2, -0.15) is 13.2 Å². The Hall–Kier alpha value is -4.06. The van der Waals surface area contributed by atoms with E-state index in [0.29, 0.717) is 48.6 Å². The molecule has 62 heavy (non-hydrogen) atoms. The molecule has 1 atom stereocenters. The van der Waals surface area contributed by atoms with E-state index < -0.39 is 52.8 Å². The Labute approximate surface area is 373 Å². The zero-order chi connectivity index (χ0) is 44.8. The Morgan fingerprint density at radius 1 is 0.839 bits per heavy atom. The number of nitrogens with zero attached hydrogens (tertiary/aromatic N) is 1. The summed E-state index contributed by atoms with van der Waals surface area (Å²) in [6.45, 7) is 8.34. The molecule has 4 aromatic rings. The molecule has 4 N–H and O–H groups in total. The van der Waals surface area contributed by atoms with Gasteiger partial charge in [-0.05, 0) is 136 Å². The van der Waals surface area contributed by atoms with Crippen LogP contribution in [-0.2, 0) is 19.9 Å². The van der Waals surface area contributed by atoms with Crippen LogP contribution in [0.4, 0.5) is 24.5 Å². The van der Waals surface area contributed by atoms with E-state index in [9.17, 15) is 34.8 Å². The fourth-order valence-electron chi connectivity index (χ4n) is 7.25. The third-order valence-corrected chi connectivity index (χ3v) is 14.7. The maximum atomic E-state index is 14.1. The van der Waals surface area contributed by atoms with Crippen molar-refractivity contribution in [3.8, 4) is 0 Å². The van der Waals surface area contributed by atoms with Crippen LogP contribution in [0.3, 0.4) is 0 Å². The van der Waals surface area contributed by atoms with Gasteiger partial charge in [0.1, 0.15) is 4.90 Å². The van der Waals surface area contributed by atoms with Crippen molar-refractivity contribution in [2.45, 2.75) is 85.0 Å². The minimum absolute atomic E-state index is 0.0309. The molecule has 5 rings (SSSR count). The van der Waals surface area contributed by atoms with Gasteiger partial charge in [-0.1, -0.05) is 61.4 Å². The summed E-state index contributed by atoms with van der Waals surface area (Å²) in [5.41, 5.74) is -1.55. The molecule has 17 heteroatoms. The molecule has 1 amide bonds. The molecule has 0 radical (unpaired) electrons. The van der Waals surface area contributed by atoms with Crippen molar-refractivity contribution in [2.75, 3.05) is 55.7 Å². The summed E-state index contributed by atoms with van der Waals surface area (Å²) >= 11 is 7.55. The standard InChI is InChI=1S/C45H55ClF3N5O5S3/c1-3-27-54(28-4-2)29-24-38(32-60-39-11-6-5-7-12-39)52-42-23-22-40(30-43(42)61(56,57)45(47,48)49)62(58,59)53-44(55)34-16-20-37(21-17-34)51-26-25-50-31-35-10-8-9-13-41(35)33-14-18-36(46)19-15-33/h5-7,11-12,14-23,30,38,50-52H,3-4,8-10,13,24-29,31-32H2,1-2H3,(H,53,55)/t38-/m1/s1. The van der Waals surface area contributed by atoms with Gasteiger partial charge in [-0.3, -0.25) is 4.79 Å². The van der Waals surface area contributed by atoms with E-state index in [1.54, 1.807) is 12.1 Å². The highest BCUT2D eigenvalue weighted by Gasteiger charge is 2.48. The number of benzene rings is 4. The fraction of sp³-hybridized carbons (Fsp3) is 0.400. The number of sulfonamides is 1. The Bertz CT molecular complexity index is 2330. The summed E-state index contributed by atoms with van der Waals surface area (Å²) in [5.74, 6) is -0.659. The summed E-state index contributed by atoms with van der Waals surface area (Å²) in [4.78, 5) is 14.2. The number of thioether (sulfide) groups is 1. The second-order valence-electron chi connectivity index (χ2n) is 15.1. The van der Waals surface area contributed by atoms with Crippen LogP contribution in [0.2, 0.25) is 5.02 Å². The highest BCUT2D eigenvalue weighted by atomic mass is 35.5. The first-order chi connectivity index (χ1) is 29.6. The highest BCUT2D eigenvalue weighted by molar-refractivity contribution is 7.99. The van der Waals surface area contributed by atoms with E-state index in [-0.39, 0.29) is 5.56 Å². The Balaban J connectivity index is 1.25. The topological polar surface area (TPSA) is 137 Å². The molecule has 0 bridgehead atoms. The Morgan fingerprint density at radius 2 is 1.52 bits per heavy atom. The van der Waals surface area contributed by atoms with E-state index in [4.69, 9.17) is 11.6 Å². The van der Waals surface area contributed by atoms with Crippen molar-refractivity contribution in [1.29, 1.82) is 0 Å². The van der Waals surface area contributed by atoms with Gasteiger partial charge in [-0.15, -0.1) is 11.8 Å². The molecule has 0 spiro atoms. The number of hydrogen-bond donors (Lipinski definition) is 4. The van der Waals surface area contributed by atoms with Crippen LogP contribution < -0.4 is 20.7 Å². The number of hydrogen-bond acceptors (Lipinski definition) is 10. The van der Waals surface area contributed by atoms with Gasteiger partial charge < -0.3 is 20.9 Å². The zero-order valence-corrected chi connectivity index (χ0v) is 38.1. The number of anilines is 2. The first kappa shape index (κ1) is 49.0. The molecule has 1 aliphatic rings. The number of nitrogens with one attached hydrogen (secondary N) is 4. The number of allylic oxidation sites excluding steroid dienone is 1. The second kappa shape index (κ2) is 23.0. The molecule has 0 unspecified atom stereocenters. The molecule has 4 aromatic carbocycles. The lowest BCUT2D eigenvalue weighted by Crippen LogP contribution is -2.33. The maximum Gasteiger partial charge on any atom is 0.501 e. The molecule has 336 valence electrons. The third-order valence-electron chi connectivity index (χ3n) is 10.4. The fourth-order valence-corrected chi connectivity index (χ4v) is 10.4. The number of carbonyl (C=O) groups is 1. The average molecular weight is 935 g/mol. The minimum atomic E-state index is -6.04. The summed E-state index contributed by atoms with van der Waals surface area (Å²) in [6, 6.07) is 25.3. The second-order valence-corrected chi connectivity index (χ2v) is 20.2. The number of carbonyl (C=O) groups excluding carboxylic acids is 1. The summed E-state index contributed by atoms with van der Waals surface area (Å²) in [5, 5.41) is 10.5. The van der Waals surface area contributed by atoms with Gasteiger partial charge in [0.2, 0.25) is 0 Å². The normalized spacial score (nSPS) is 14.2. The molecule has 0 aromatic heterocycles. The molecule has 10 nitrogen and oxygen atoms in total. The summed E-state index contributed by atoms with van der Waals surface area (Å²) in [6.07, 6.45) is 6.63.